The largest absolute Gasteiger partial charge is 0.383 e. The highest BCUT2D eigenvalue weighted by molar-refractivity contribution is 6.24. The fourth-order valence-corrected chi connectivity index (χ4v) is 5.56. The van der Waals surface area contributed by atoms with Gasteiger partial charge in [0.15, 0.2) is 0 Å². The number of nitrogens with zero attached hydrogens (tertiary/aromatic N) is 2. The van der Waals surface area contributed by atoms with Gasteiger partial charge < -0.3 is 15.6 Å². The summed E-state index contributed by atoms with van der Waals surface area (Å²) in [6.07, 6.45) is 0. The predicted molar refractivity (Wildman–Crippen MR) is 156 cm³/mol. The first kappa shape index (κ1) is 21.3. The zero-order chi connectivity index (χ0) is 24.9. The van der Waals surface area contributed by atoms with Gasteiger partial charge in [0.1, 0.15) is 5.82 Å². The summed E-state index contributed by atoms with van der Waals surface area (Å²) in [7, 11) is 0. The molecule has 0 fully saturated rings. The molecule has 0 spiro atoms. The molecule has 37 heavy (non-hydrogen) atoms. The van der Waals surface area contributed by atoms with E-state index >= 15 is 0 Å². The number of fused-ring (bicyclic) bond motifs is 5. The number of hydrogen-bond acceptors (Lipinski definition) is 2. The summed E-state index contributed by atoms with van der Waals surface area (Å²) in [5.41, 5.74) is 15.8. The van der Waals surface area contributed by atoms with Crippen LogP contribution in [0.2, 0.25) is 0 Å². The predicted octanol–water partition coefficient (Wildman–Crippen LogP) is 8.36. The quantitative estimate of drug-likeness (QED) is 0.267. The molecule has 4 heteroatoms. The Bertz CT molecular complexity index is 1910. The SMILES string of the molecule is Cc1ccccc1-n1c2ccccc2c2c3c(ccc21)c(Nc1ccccc1)c(N)n3-c1ccccc1. The van der Waals surface area contributed by atoms with Gasteiger partial charge in [0.25, 0.3) is 0 Å². The molecule has 7 aromatic rings. The highest BCUT2D eigenvalue weighted by atomic mass is 15.1. The van der Waals surface area contributed by atoms with Gasteiger partial charge in [-0.25, -0.2) is 0 Å². The first-order valence-corrected chi connectivity index (χ1v) is 12.5. The minimum Gasteiger partial charge on any atom is -0.383 e. The van der Waals surface area contributed by atoms with Crippen LogP contribution in [0.5, 0.6) is 0 Å². The molecule has 3 N–H and O–H groups in total. The van der Waals surface area contributed by atoms with E-state index in [1.807, 2.05) is 24.3 Å². The molecule has 4 nitrogen and oxygen atoms in total. The van der Waals surface area contributed by atoms with Crippen LogP contribution in [0.25, 0.3) is 44.1 Å². The van der Waals surface area contributed by atoms with Crippen molar-refractivity contribution in [2.24, 2.45) is 0 Å². The summed E-state index contributed by atoms with van der Waals surface area (Å²) >= 11 is 0. The van der Waals surface area contributed by atoms with Crippen LogP contribution in [0.4, 0.5) is 17.2 Å². The Balaban J connectivity index is 1.65. The van der Waals surface area contributed by atoms with Crippen molar-refractivity contribution in [3.8, 4) is 11.4 Å². The molecule has 2 aromatic heterocycles. The Morgan fingerprint density at radius 1 is 0.595 bits per heavy atom. The number of anilines is 3. The molecular weight excluding hydrogens is 452 g/mol. The number of rotatable bonds is 4. The zero-order valence-electron chi connectivity index (χ0n) is 20.5. The normalized spacial score (nSPS) is 11.5. The molecule has 7 rings (SSSR count). The van der Waals surface area contributed by atoms with E-state index in [1.165, 1.54) is 27.5 Å². The molecule has 0 radical (unpaired) electrons. The maximum absolute atomic E-state index is 6.97. The number of nitrogens with one attached hydrogen (secondary N) is 1. The van der Waals surface area contributed by atoms with Crippen LogP contribution < -0.4 is 11.1 Å². The van der Waals surface area contributed by atoms with Crippen LogP contribution in [0, 0.1) is 6.92 Å². The molecule has 0 bridgehead atoms. The van der Waals surface area contributed by atoms with Crippen molar-refractivity contribution in [3.63, 3.8) is 0 Å². The lowest BCUT2D eigenvalue weighted by atomic mass is 10.1. The summed E-state index contributed by atoms with van der Waals surface area (Å²) in [5.74, 6) is 0.685. The molecule has 0 saturated carbocycles. The standard InChI is InChI=1S/C33H26N4/c1-22-12-8-10-18-27(22)37-28-19-11-9-17-25(28)30-29(37)21-20-26-31(35-23-13-4-2-5-14-23)33(34)36(32(26)30)24-15-6-3-7-16-24/h2-21,35H,34H2,1H3. The molecule has 2 heterocycles. The van der Waals surface area contributed by atoms with Gasteiger partial charge in [0.2, 0.25) is 0 Å². The molecule has 0 aliphatic heterocycles. The number of benzene rings is 5. The number of nitrogen functional groups attached to an aromatic ring is 1. The van der Waals surface area contributed by atoms with E-state index in [4.69, 9.17) is 5.73 Å². The molecule has 0 saturated heterocycles. The third-order valence-corrected chi connectivity index (χ3v) is 7.21. The molecule has 0 aliphatic carbocycles. The first-order valence-electron chi connectivity index (χ1n) is 12.5. The maximum Gasteiger partial charge on any atom is 0.133 e. The fraction of sp³-hybridized carbons (Fsp3) is 0.0303. The lowest BCUT2D eigenvalue weighted by Crippen LogP contribution is -2.02. The first-order chi connectivity index (χ1) is 18.2. The summed E-state index contributed by atoms with van der Waals surface area (Å²) in [4.78, 5) is 0. The van der Waals surface area contributed by atoms with Crippen LogP contribution >= 0.6 is 0 Å². The van der Waals surface area contributed by atoms with Gasteiger partial charge in [-0.15, -0.1) is 0 Å². The third kappa shape index (κ3) is 3.23. The van der Waals surface area contributed by atoms with Gasteiger partial charge in [-0.2, -0.15) is 0 Å². The van der Waals surface area contributed by atoms with Crippen molar-refractivity contribution in [2.75, 3.05) is 11.1 Å². The van der Waals surface area contributed by atoms with E-state index in [2.05, 4.69) is 118 Å². The lowest BCUT2D eigenvalue weighted by Gasteiger charge is -2.11. The smallest absolute Gasteiger partial charge is 0.133 e. The minimum atomic E-state index is 0.685. The van der Waals surface area contributed by atoms with E-state index in [-0.39, 0.29) is 0 Å². The fourth-order valence-electron chi connectivity index (χ4n) is 5.56. The number of para-hydroxylation sites is 4. The average Bonchev–Trinajstić information content (AvgIpc) is 3.42. The average molecular weight is 479 g/mol. The Labute approximate surface area is 215 Å². The third-order valence-electron chi connectivity index (χ3n) is 7.21. The summed E-state index contributed by atoms with van der Waals surface area (Å²) in [6, 6.07) is 42.2. The van der Waals surface area contributed by atoms with Crippen LogP contribution in [0.3, 0.4) is 0 Å². The maximum atomic E-state index is 6.97. The second-order valence-corrected chi connectivity index (χ2v) is 9.42. The van der Waals surface area contributed by atoms with Gasteiger partial charge in [0.05, 0.1) is 22.2 Å². The number of aryl methyl sites for hydroxylation is 1. The second-order valence-electron chi connectivity index (χ2n) is 9.42. The van der Waals surface area contributed by atoms with E-state index in [9.17, 15) is 0 Å². The second kappa shape index (κ2) is 8.32. The minimum absolute atomic E-state index is 0.685. The van der Waals surface area contributed by atoms with Crippen molar-refractivity contribution < 1.29 is 0 Å². The number of aromatic nitrogens is 2. The Hall–Kier alpha value is -4.96. The van der Waals surface area contributed by atoms with Crippen LogP contribution in [-0.2, 0) is 0 Å². The van der Waals surface area contributed by atoms with Gasteiger partial charge in [-0.1, -0.05) is 72.8 Å². The molecule has 0 aliphatic rings. The van der Waals surface area contributed by atoms with Gasteiger partial charge in [0, 0.05) is 33.2 Å². The van der Waals surface area contributed by atoms with Crippen molar-refractivity contribution in [2.45, 2.75) is 6.92 Å². The van der Waals surface area contributed by atoms with Crippen molar-refractivity contribution in [3.05, 3.63) is 127 Å². The summed E-state index contributed by atoms with van der Waals surface area (Å²) in [5, 5.41) is 7.09. The molecule has 0 amide bonds. The van der Waals surface area contributed by atoms with E-state index in [1.54, 1.807) is 0 Å². The molecule has 178 valence electrons. The molecular formula is C33H26N4. The van der Waals surface area contributed by atoms with E-state index < -0.39 is 0 Å². The van der Waals surface area contributed by atoms with Gasteiger partial charge >= 0.3 is 0 Å². The Kier molecular flexibility index (Phi) is 4.79. The van der Waals surface area contributed by atoms with E-state index in [0.29, 0.717) is 5.82 Å². The summed E-state index contributed by atoms with van der Waals surface area (Å²) in [6.45, 7) is 2.17. The van der Waals surface area contributed by atoms with E-state index in [0.717, 1.165) is 33.5 Å². The zero-order valence-corrected chi connectivity index (χ0v) is 20.5. The van der Waals surface area contributed by atoms with Crippen molar-refractivity contribution in [1.82, 2.24) is 9.13 Å². The van der Waals surface area contributed by atoms with Crippen molar-refractivity contribution in [1.29, 1.82) is 0 Å². The van der Waals surface area contributed by atoms with Crippen LogP contribution in [0.15, 0.2) is 121 Å². The van der Waals surface area contributed by atoms with Crippen LogP contribution in [0.1, 0.15) is 5.56 Å². The summed E-state index contributed by atoms with van der Waals surface area (Å²) < 4.78 is 4.57. The highest BCUT2D eigenvalue weighted by Crippen LogP contribution is 2.44. The van der Waals surface area contributed by atoms with Gasteiger partial charge in [-0.3, -0.25) is 4.57 Å². The number of nitrogens with two attached hydrogens (primary N) is 1. The van der Waals surface area contributed by atoms with Crippen LogP contribution in [-0.4, -0.2) is 9.13 Å². The number of hydrogen-bond donors (Lipinski definition) is 2. The Morgan fingerprint density at radius 3 is 2.05 bits per heavy atom. The topological polar surface area (TPSA) is 47.9 Å². The Morgan fingerprint density at radius 2 is 1.27 bits per heavy atom. The lowest BCUT2D eigenvalue weighted by molar-refractivity contribution is 1.14. The highest BCUT2D eigenvalue weighted by Gasteiger charge is 2.23. The van der Waals surface area contributed by atoms with Gasteiger partial charge in [-0.05, 0) is 61.0 Å². The monoisotopic (exact) mass is 478 g/mol. The molecule has 5 aromatic carbocycles. The van der Waals surface area contributed by atoms with Crippen molar-refractivity contribution >= 4 is 49.9 Å². The molecule has 0 atom stereocenters. The molecule has 0 unspecified atom stereocenters.